The van der Waals surface area contributed by atoms with Gasteiger partial charge in [0.2, 0.25) is 0 Å². The third-order valence-corrected chi connectivity index (χ3v) is 5.21. The summed E-state index contributed by atoms with van der Waals surface area (Å²) >= 11 is 5.97. The first-order valence-electron chi connectivity index (χ1n) is 9.23. The zero-order valence-electron chi connectivity index (χ0n) is 15.9. The lowest BCUT2D eigenvalue weighted by molar-refractivity contribution is 0.148. The maximum absolute atomic E-state index is 12.5. The minimum absolute atomic E-state index is 0.0511. The number of hydrogen-bond acceptors (Lipinski definition) is 3. The van der Waals surface area contributed by atoms with Crippen molar-refractivity contribution in [3.05, 3.63) is 58.6 Å². The van der Waals surface area contributed by atoms with Crippen LogP contribution < -0.4 is 10.1 Å². The molecule has 2 aromatic rings. The van der Waals surface area contributed by atoms with Crippen LogP contribution >= 0.6 is 11.6 Å². The molecule has 1 fully saturated rings. The number of carbonyl (C=O) groups excluding carboxylic acids is 1. The van der Waals surface area contributed by atoms with Gasteiger partial charge in [-0.2, -0.15) is 0 Å². The van der Waals surface area contributed by atoms with E-state index in [4.69, 9.17) is 16.3 Å². The first-order valence-corrected chi connectivity index (χ1v) is 9.61. The highest BCUT2D eigenvalue weighted by Crippen LogP contribution is 2.21. The molecule has 0 radical (unpaired) electrons. The Morgan fingerprint density at radius 3 is 2.59 bits per heavy atom. The number of amides is 2. The molecule has 0 unspecified atom stereocenters. The number of urea groups is 1. The van der Waals surface area contributed by atoms with Gasteiger partial charge in [0.05, 0.1) is 7.11 Å². The Morgan fingerprint density at radius 1 is 1.15 bits per heavy atom. The number of para-hydroxylation sites is 1. The van der Waals surface area contributed by atoms with Crippen molar-refractivity contribution in [2.75, 3.05) is 45.2 Å². The number of hydrogen-bond donors (Lipinski definition) is 1. The van der Waals surface area contributed by atoms with Crippen LogP contribution in [0.15, 0.2) is 42.5 Å². The van der Waals surface area contributed by atoms with Crippen LogP contribution in [0, 0.1) is 6.92 Å². The Morgan fingerprint density at radius 2 is 1.89 bits per heavy atom. The number of nitrogens with one attached hydrogen (secondary N) is 1. The van der Waals surface area contributed by atoms with Crippen molar-refractivity contribution in [1.82, 2.24) is 9.80 Å². The summed E-state index contributed by atoms with van der Waals surface area (Å²) in [6, 6.07) is 13.6. The van der Waals surface area contributed by atoms with Gasteiger partial charge in [-0.3, -0.25) is 4.90 Å². The van der Waals surface area contributed by atoms with E-state index in [9.17, 15) is 4.79 Å². The fourth-order valence-electron chi connectivity index (χ4n) is 3.32. The van der Waals surface area contributed by atoms with E-state index in [0.29, 0.717) is 5.02 Å². The number of halogens is 1. The van der Waals surface area contributed by atoms with Crippen molar-refractivity contribution in [3.63, 3.8) is 0 Å². The molecule has 0 spiro atoms. The van der Waals surface area contributed by atoms with Gasteiger partial charge in [0.1, 0.15) is 5.75 Å². The highest BCUT2D eigenvalue weighted by Gasteiger charge is 2.21. The van der Waals surface area contributed by atoms with Gasteiger partial charge in [-0.1, -0.05) is 29.8 Å². The molecule has 1 N–H and O–H groups in total. The van der Waals surface area contributed by atoms with E-state index >= 15 is 0 Å². The second-order valence-electron chi connectivity index (χ2n) is 6.78. The second kappa shape index (κ2) is 9.11. The van der Waals surface area contributed by atoms with Crippen LogP contribution in [-0.2, 0) is 6.42 Å². The summed E-state index contributed by atoms with van der Waals surface area (Å²) in [5, 5.41) is 3.66. The monoisotopic (exact) mass is 387 g/mol. The zero-order valence-corrected chi connectivity index (χ0v) is 16.6. The van der Waals surface area contributed by atoms with Crippen molar-refractivity contribution < 1.29 is 9.53 Å². The molecule has 1 aliphatic rings. The van der Waals surface area contributed by atoms with Crippen molar-refractivity contribution in [2.24, 2.45) is 0 Å². The van der Waals surface area contributed by atoms with Gasteiger partial charge in [-0.25, -0.2) is 4.79 Å². The molecule has 0 saturated carbocycles. The molecule has 0 atom stereocenters. The van der Waals surface area contributed by atoms with E-state index in [1.165, 1.54) is 5.56 Å². The quantitative estimate of drug-likeness (QED) is 0.841. The molecule has 1 aliphatic heterocycles. The third kappa shape index (κ3) is 5.15. The van der Waals surface area contributed by atoms with Gasteiger partial charge in [0.15, 0.2) is 0 Å². The lowest BCUT2D eigenvalue weighted by Crippen LogP contribution is -2.50. The van der Waals surface area contributed by atoms with Crippen molar-refractivity contribution in [1.29, 1.82) is 0 Å². The molecular formula is C21H26ClN3O2. The van der Waals surface area contributed by atoms with Crippen LogP contribution in [0.4, 0.5) is 10.5 Å². The standard InChI is InChI=1S/C21H26ClN3O2/c1-16-15-18(22)7-8-19(16)23-21(26)25-13-11-24(12-14-25)10-9-17-5-3-4-6-20(17)27-2/h3-8,15H,9-14H2,1-2H3,(H,23,26). The van der Waals surface area contributed by atoms with E-state index in [1.807, 2.05) is 42.2 Å². The average Bonchev–Trinajstić information content (AvgIpc) is 2.69. The largest absolute Gasteiger partial charge is 0.496 e. The van der Waals surface area contributed by atoms with E-state index < -0.39 is 0 Å². The predicted octanol–water partition coefficient (Wildman–Crippen LogP) is 4.05. The number of methoxy groups -OCH3 is 1. The Labute approximate surface area is 165 Å². The lowest BCUT2D eigenvalue weighted by Gasteiger charge is -2.34. The number of carbonyl (C=O) groups is 1. The molecule has 1 heterocycles. The molecular weight excluding hydrogens is 362 g/mol. The van der Waals surface area contributed by atoms with Crippen molar-refractivity contribution >= 4 is 23.3 Å². The maximum atomic E-state index is 12.5. The number of ether oxygens (including phenoxy) is 1. The highest BCUT2D eigenvalue weighted by atomic mass is 35.5. The summed E-state index contributed by atoms with van der Waals surface area (Å²) in [7, 11) is 1.71. The highest BCUT2D eigenvalue weighted by molar-refractivity contribution is 6.30. The molecule has 3 rings (SSSR count). The van der Waals surface area contributed by atoms with Gasteiger partial charge in [-0.15, -0.1) is 0 Å². The number of piperazine rings is 1. The van der Waals surface area contributed by atoms with Gasteiger partial charge < -0.3 is 15.0 Å². The summed E-state index contributed by atoms with van der Waals surface area (Å²) in [6.45, 7) is 6.11. The minimum Gasteiger partial charge on any atom is -0.496 e. The molecule has 2 amide bonds. The molecule has 27 heavy (non-hydrogen) atoms. The smallest absolute Gasteiger partial charge is 0.321 e. The van der Waals surface area contributed by atoms with E-state index in [2.05, 4.69) is 16.3 Å². The average molecular weight is 388 g/mol. The summed E-state index contributed by atoms with van der Waals surface area (Å²) in [5.74, 6) is 0.939. The van der Waals surface area contributed by atoms with E-state index in [0.717, 1.165) is 56.1 Å². The van der Waals surface area contributed by atoms with Crippen LogP contribution in [-0.4, -0.2) is 55.7 Å². The lowest BCUT2D eigenvalue weighted by atomic mass is 10.1. The maximum Gasteiger partial charge on any atom is 0.321 e. The molecule has 6 heteroatoms. The van der Waals surface area contributed by atoms with Crippen LogP contribution in [0.5, 0.6) is 5.75 Å². The van der Waals surface area contributed by atoms with Crippen LogP contribution in [0.1, 0.15) is 11.1 Å². The summed E-state index contributed by atoms with van der Waals surface area (Å²) in [4.78, 5) is 16.8. The Balaban J connectivity index is 1.47. The van der Waals surface area contributed by atoms with Crippen LogP contribution in [0.25, 0.3) is 0 Å². The third-order valence-electron chi connectivity index (χ3n) is 4.98. The van der Waals surface area contributed by atoms with Gasteiger partial charge >= 0.3 is 6.03 Å². The first-order chi connectivity index (χ1) is 13.1. The molecule has 2 aromatic carbocycles. The van der Waals surface area contributed by atoms with Crippen LogP contribution in [0.3, 0.4) is 0 Å². The summed E-state index contributed by atoms with van der Waals surface area (Å²) in [6.07, 6.45) is 0.945. The molecule has 1 saturated heterocycles. The Hall–Kier alpha value is -2.24. The van der Waals surface area contributed by atoms with E-state index in [1.54, 1.807) is 13.2 Å². The van der Waals surface area contributed by atoms with Crippen molar-refractivity contribution in [3.8, 4) is 5.75 Å². The second-order valence-corrected chi connectivity index (χ2v) is 7.22. The summed E-state index contributed by atoms with van der Waals surface area (Å²) < 4.78 is 5.42. The number of anilines is 1. The number of nitrogens with zero attached hydrogens (tertiary/aromatic N) is 2. The topological polar surface area (TPSA) is 44.8 Å². The predicted molar refractivity (Wildman–Crippen MR) is 110 cm³/mol. The zero-order chi connectivity index (χ0) is 19.2. The van der Waals surface area contributed by atoms with Crippen LogP contribution in [0.2, 0.25) is 5.02 Å². The first kappa shape index (κ1) is 19.5. The molecule has 5 nitrogen and oxygen atoms in total. The Bertz CT molecular complexity index is 789. The molecule has 0 aromatic heterocycles. The van der Waals surface area contributed by atoms with Gasteiger partial charge in [0, 0.05) is 43.4 Å². The fraction of sp³-hybridized carbons (Fsp3) is 0.381. The van der Waals surface area contributed by atoms with Crippen molar-refractivity contribution in [2.45, 2.75) is 13.3 Å². The SMILES string of the molecule is COc1ccccc1CCN1CCN(C(=O)Nc2ccc(Cl)cc2C)CC1. The number of rotatable bonds is 5. The molecule has 144 valence electrons. The summed E-state index contributed by atoms with van der Waals surface area (Å²) in [5.41, 5.74) is 2.99. The Kier molecular flexibility index (Phi) is 6.58. The number of aryl methyl sites for hydroxylation is 1. The normalized spacial score (nSPS) is 14.9. The van der Waals surface area contributed by atoms with Gasteiger partial charge in [0.25, 0.3) is 0 Å². The van der Waals surface area contributed by atoms with Gasteiger partial charge in [-0.05, 0) is 48.7 Å². The van der Waals surface area contributed by atoms with E-state index in [-0.39, 0.29) is 6.03 Å². The number of benzene rings is 2. The minimum atomic E-state index is -0.0511. The fourth-order valence-corrected chi connectivity index (χ4v) is 3.55. The molecule has 0 aliphatic carbocycles. The molecule has 0 bridgehead atoms.